The molecule has 1 aromatic rings. The first-order valence-electron chi connectivity index (χ1n) is 5.58. The Bertz CT molecular complexity index is 495. The lowest BCUT2D eigenvalue weighted by molar-refractivity contribution is -0.139. The zero-order chi connectivity index (χ0) is 13.0. The smallest absolute Gasteiger partial charge is 0.329 e. The van der Waals surface area contributed by atoms with Crippen LogP contribution in [0.15, 0.2) is 29.4 Å². The van der Waals surface area contributed by atoms with Gasteiger partial charge in [-0.15, -0.1) is 0 Å². The standard InChI is InChI=1S/C12H13N3O3/c16-10-4-2-1-3-8(10)7-13-15-12(18)11(17)14-9-5-6-9/h1-4,7,9,16H,5-6H2,(H,14,17)(H,15,18)/b13-7-. The Balaban J connectivity index is 1.85. The minimum Gasteiger partial charge on any atom is -0.507 e. The summed E-state index contributed by atoms with van der Waals surface area (Å²) in [4.78, 5) is 22.5. The van der Waals surface area contributed by atoms with E-state index in [0.717, 1.165) is 12.8 Å². The summed E-state index contributed by atoms with van der Waals surface area (Å²) in [6.07, 6.45) is 3.11. The third-order valence-corrected chi connectivity index (χ3v) is 2.43. The van der Waals surface area contributed by atoms with Crippen LogP contribution in [0.5, 0.6) is 5.75 Å². The number of para-hydroxylation sites is 1. The number of aromatic hydroxyl groups is 1. The maximum Gasteiger partial charge on any atom is 0.329 e. The predicted molar refractivity (Wildman–Crippen MR) is 65.0 cm³/mol. The average Bonchev–Trinajstić information content (AvgIpc) is 3.15. The molecule has 0 saturated heterocycles. The van der Waals surface area contributed by atoms with E-state index < -0.39 is 11.8 Å². The van der Waals surface area contributed by atoms with E-state index in [1.807, 2.05) is 0 Å². The second-order valence-corrected chi connectivity index (χ2v) is 4.01. The first kappa shape index (κ1) is 12.1. The Morgan fingerprint density at radius 1 is 1.28 bits per heavy atom. The number of benzene rings is 1. The molecule has 0 radical (unpaired) electrons. The van der Waals surface area contributed by atoms with Gasteiger partial charge in [-0.25, -0.2) is 5.43 Å². The summed E-state index contributed by atoms with van der Waals surface area (Å²) in [7, 11) is 0. The Hall–Kier alpha value is -2.37. The van der Waals surface area contributed by atoms with Crippen LogP contribution in [0, 0.1) is 0 Å². The van der Waals surface area contributed by atoms with Crippen LogP contribution >= 0.6 is 0 Å². The molecule has 0 heterocycles. The molecule has 1 aliphatic rings. The van der Waals surface area contributed by atoms with Crippen molar-refractivity contribution in [2.24, 2.45) is 5.10 Å². The second kappa shape index (κ2) is 5.31. The third kappa shape index (κ3) is 3.31. The third-order valence-electron chi connectivity index (χ3n) is 2.43. The number of nitrogens with one attached hydrogen (secondary N) is 2. The minimum atomic E-state index is -0.812. The number of phenols is 1. The fourth-order valence-electron chi connectivity index (χ4n) is 1.29. The van der Waals surface area contributed by atoms with Gasteiger partial charge in [-0.3, -0.25) is 9.59 Å². The quantitative estimate of drug-likeness (QED) is 0.402. The van der Waals surface area contributed by atoms with Gasteiger partial charge in [0.15, 0.2) is 0 Å². The number of rotatable bonds is 3. The molecule has 2 amide bonds. The Morgan fingerprint density at radius 2 is 2.00 bits per heavy atom. The van der Waals surface area contributed by atoms with E-state index in [1.54, 1.807) is 18.2 Å². The van der Waals surface area contributed by atoms with Crippen LogP contribution < -0.4 is 10.7 Å². The van der Waals surface area contributed by atoms with E-state index in [2.05, 4.69) is 15.8 Å². The normalized spacial score (nSPS) is 14.4. The molecule has 18 heavy (non-hydrogen) atoms. The number of amides is 2. The van der Waals surface area contributed by atoms with Crippen molar-refractivity contribution >= 4 is 18.0 Å². The molecule has 0 aliphatic heterocycles. The highest BCUT2D eigenvalue weighted by atomic mass is 16.3. The maximum atomic E-state index is 11.3. The fraction of sp³-hybridized carbons (Fsp3) is 0.250. The lowest BCUT2D eigenvalue weighted by Crippen LogP contribution is -2.38. The molecule has 3 N–H and O–H groups in total. The highest BCUT2D eigenvalue weighted by Crippen LogP contribution is 2.18. The number of carbonyl (C=O) groups excluding carboxylic acids is 2. The summed E-state index contributed by atoms with van der Waals surface area (Å²) >= 11 is 0. The molecule has 1 aliphatic carbocycles. The van der Waals surface area contributed by atoms with Gasteiger partial charge in [-0.1, -0.05) is 12.1 Å². The highest BCUT2D eigenvalue weighted by Gasteiger charge is 2.26. The zero-order valence-electron chi connectivity index (χ0n) is 9.59. The van der Waals surface area contributed by atoms with Gasteiger partial charge in [0.05, 0.1) is 6.21 Å². The van der Waals surface area contributed by atoms with E-state index in [4.69, 9.17) is 0 Å². The fourth-order valence-corrected chi connectivity index (χ4v) is 1.29. The molecule has 1 saturated carbocycles. The molecule has 6 heteroatoms. The van der Waals surface area contributed by atoms with Crippen molar-refractivity contribution in [3.8, 4) is 5.75 Å². The second-order valence-electron chi connectivity index (χ2n) is 4.01. The minimum absolute atomic E-state index is 0.0536. The summed E-state index contributed by atoms with van der Waals surface area (Å²) in [6, 6.07) is 6.67. The van der Waals surface area contributed by atoms with Crippen molar-refractivity contribution in [2.75, 3.05) is 0 Å². The van der Waals surface area contributed by atoms with Gasteiger partial charge < -0.3 is 10.4 Å². The summed E-state index contributed by atoms with van der Waals surface area (Å²) in [5.74, 6) is -1.45. The van der Waals surface area contributed by atoms with E-state index in [1.165, 1.54) is 12.3 Å². The average molecular weight is 247 g/mol. The number of hydrogen-bond acceptors (Lipinski definition) is 4. The predicted octanol–water partition coefficient (Wildman–Crippen LogP) is 0.121. The lowest BCUT2D eigenvalue weighted by atomic mass is 10.2. The molecule has 1 fully saturated rings. The van der Waals surface area contributed by atoms with Crippen molar-refractivity contribution in [1.82, 2.24) is 10.7 Å². The van der Waals surface area contributed by atoms with Crippen LogP contribution in [0.25, 0.3) is 0 Å². The Kier molecular flexibility index (Phi) is 3.57. The molecule has 0 unspecified atom stereocenters. The molecule has 1 aromatic carbocycles. The molecule has 6 nitrogen and oxygen atoms in total. The molecule has 2 rings (SSSR count). The Labute approximate surface area is 104 Å². The number of hydrazone groups is 1. The lowest BCUT2D eigenvalue weighted by Gasteiger charge is -2.01. The van der Waals surface area contributed by atoms with Crippen LogP contribution in [0.4, 0.5) is 0 Å². The van der Waals surface area contributed by atoms with Crippen molar-refractivity contribution in [3.05, 3.63) is 29.8 Å². The Morgan fingerprint density at radius 3 is 2.67 bits per heavy atom. The van der Waals surface area contributed by atoms with E-state index >= 15 is 0 Å². The van der Waals surface area contributed by atoms with Gasteiger partial charge in [0.1, 0.15) is 5.75 Å². The summed E-state index contributed by atoms with van der Waals surface area (Å²) in [6.45, 7) is 0. The first-order chi connectivity index (χ1) is 8.66. The molecular formula is C12H13N3O3. The molecule has 0 spiro atoms. The van der Waals surface area contributed by atoms with Gasteiger partial charge in [0, 0.05) is 11.6 Å². The highest BCUT2D eigenvalue weighted by molar-refractivity contribution is 6.35. The van der Waals surface area contributed by atoms with Crippen molar-refractivity contribution in [3.63, 3.8) is 0 Å². The van der Waals surface area contributed by atoms with Crippen LogP contribution in [0.2, 0.25) is 0 Å². The van der Waals surface area contributed by atoms with Crippen LogP contribution in [0.3, 0.4) is 0 Å². The number of hydrogen-bond donors (Lipinski definition) is 3. The number of carbonyl (C=O) groups is 2. The van der Waals surface area contributed by atoms with Crippen molar-refractivity contribution in [1.29, 1.82) is 0 Å². The van der Waals surface area contributed by atoms with E-state index in [9.17, 15) is 14.7 Å². The zero-order valence-corrected chi connectivity index (χ0v) is 9.59. The summed E-state index contributed by atoms with van der Waals surface area (Å²) in [5.41, 5.74) is 2.56. The molecule has 94 valence electrons. The molecule has 0 bridgehead atoms. The van der Waals surface area contributed by atoms with Crippen molar-refractivity contribution < 1.29 is 14.7 Å². The molecule has 0 aromatic heterocycles. The molecule has 0 atom stereocenters. The monoisotopic (exact) mass is 247 g/mol. The van der Waals surface area contributed by atoms with Crippen LogP contribution in [-0.2, 0) is 9.59 Å². The van der Waals surface area contributed by atoms with Crippen LogP contribution in [-0.4, -0.2) is 29.2 Å². The van der Waals surface area contributed by atoms with Crippen LogP contribution in [0.1, 0.15) is 18.4 Å². The van der Waals surface area contributed by atoms with Crippen molar-refractivity contribution in [2.45, 2.75) is 18.9 Å². The van der Waals surface area contributed by atoms with Gasteiger partial charge >= 0.3 is 11.8 Å². The van der Waals surface area contributed by atoms with Gasteiger partial charge in [-0.05, 0) is 25.0 Å². The largest absolute Gasteiger partial charge is 0.507 e. The SMILES string of the molecule is O=C(N/N=C\c1ccccc1O)C(=O)NC1CC1. The maximum absolute atomic E-state index is 11.3. The van der Waals surface area contributed by atoms with Gasteiger partial charge in [0.2, 0.25) is 0 Å². The van der Waals surface area contributed by atoms with Gasteiger partial charge in [-0.2, -0.15) is 5.10 Å². The number of phenolic OH excluding ortho intramolecular Hbond substituents is 1. The first-order valence-corrected chi connectivity index (χ1v) is 5.58. The van der Waals surface area contributed by atoms with E-state index in [-0.39, 0.29) is 11.8 Å². The summed E-state index contributed by atoms with van der Waals surface area (Å²) in [5, 5.41) is 15.6. The number of nitrogens with zero attached hydrogens (tertiary/aromatic N) is 1. The van der Waals surface area contributed by atoms with Gasteiger partial charge in [0.25, 0.3) is 0 Å². The van der Waals surface area contributed by atoms with E-state index in [0.29, 0.717) is 5.56 Å². The molecular weight excluding hydrogens is 234 g/mol. The topological polar surface area (TPSA) is 90.8 Å². The summed E-state index contributed by atoms with van der Waals surface area (Å²) < 4.78 is 0.